The summed E-state index contributed by atoms with van der Waals surface area (Å²) in [6, 6.07) is 19.3. The first-order chi connectivity index (χ1) is 18.7. The molecule has 202 valence electrons. The van der Waals surface area contributed by atoms with Crippen molar-refractivity contribution >= 4 is 29.4 Å². The van der Waals surface area contributed by atoms with Crippen molar-refractivity contribution in [1.82, 2.24) is 10.2 Å². The Kier molecular flexibility index (Phi) is 7.71. The highest BCUT2D eigenvalue weighted by atomic mass is 35.5. The Morgan fingerprint density at radius 3 is 2.23 bits per heavy atom. The zero-order chi connectivity index (χ0) is 27.6. The van der Waals surface area contributed by atoms with Crippen LogP contribution in [0.25, 0.3) is 11.1 Å². The summed E-state index contributed by atoms with van der Waals surface area (Å²) in [5, 5.41) is 13.7. The molecule has 1 heterocycles. The minimum absolute atomic E-state index is 0.0176. The van der Waals surface area contributed by atoms with Gasteiger partial charge in [-0.05, 0) is 70.8 Å². The van der Waals surface area contributed by atoms with Gasteiger partial charge in [-0.1, -0.05) is 54.1 Å². The van der Waals surface area contributed by atoms with Crippen molar-refractivity contribution in [1.29, 1.82) is 0 Å². The summed E-state index contributed by atoms with van der Waals surface area (Å²) in [5.41, 5.74) is 3.19. The molecule has 2 N–H and O–H groups in total. The lowest BCUT2D eigenvalue weighted by atomic mass is 9.91. The zero-order valence-electron chi connectivity index (χ0n) is 21.5. The van der Waals surface area contributed by atoms with Crippen molar-refractivity contribution in [2.75, 3.05) is 13.1 Å². The number of carboxylic acids is 1. The van der Waals surface area contributed by atoms with E-state index in [1.807, 2.05) is 42.5 Å². The molecule has 39 heavy (non-hydrogen) atoms. The van der Waals surface area contributed by atoms with Gasteiger partial charge in [-0.2, -0.15) is 0 Å². The quantitative estimate of drug-likeness (QED) is 0.432. The molecule has 0 aromatic heterocycles. The third-order valence-electron chi connectivity index (χ3n) is 7.87. The van der Waals surface area contributed by atoms with Crippen LogP contribution in [0.2, 0.25) is 5.02 Å². The second-order valence-corrected chi connectivity index (χ2v) is 11.0. The topological polar surface area (TPSA) is 86.7 Å². The molecular weight excluding hydrogens is 519 g/mol. The zero-order valence-corrected chi connectivity index (χ0v) is 22.2. The molecular formula is C31H30ClFN2O4. The molecule has 0 bridgehead atoms. The Hall–Kier alpha value is -3.71. The number of carboxylic acid groups (broad SMARTS) is 1. The van der Waals surface area contributed by atoms with E-state index in [9.17, 15) is 23.9 Å². The normalized spacial score (nSPS) is 19.0. The molecule has 1 aliphatic heterocycles. The molecule has 1 saturated heterocycles. The summed E-state index contributed by atoms with van der Waals surface area (Å²) < 4.78 is 13.1. The first-order valence-electron chi connectivity index (χ1n) is 13.2. The predicted octanol–water partition coefficient (Wildman–Crippen LogP) is 5.06. The van der Waals surface area contributed by atoms with E-state index in [2.05, 4.69) is 5.32 Å². The van der Waals surface area contributed by atoms with Crippen LogP contribution >= 0.6 is 11.6 Å². The van der Waals surface area contributed by atoms with Crippen molar-refractivity contribution in [2.24, 2.45) is 5.92 Å². The predicted molar refractivity (Wildman–Crippen MR) is 147 cm³/mol. The summed E-state index contributed by atoms with van der Waals surface area (Å²) in [5.74, 6) is -1.60. The van der Waals surface area contributed by atoms with Crippen LogP contribution in [0.4, 0.5) is 4.39 Å². The average Bonchev–Trinajstić information content (AvgIpc) is 3.29. The van der Waals surface area contributed by atoms with E-state index in [0.29, 0.717) is 31.0 Å². The van der Waals surface area contributed by atoms with Gasteiger partial charge in [0.1, 0.15) is 11.4 Å². The van der Waals surface area contributed by atoms with Gasteiger partial charge in [-0.3, -0.25) is 9.59 Å². The molecule has 2 aliphatic rings. The summed E-state index contributed by atoms with van der Waals surface area (Å²) in [7, 11) is 0. The van der Waals surface area contributed by atoms with Gasteiger partial charge in [-0.15, -0.1) is 0 Å². The van der Waals surface area contributed by atoms with Gasteiger partial charge in [-0.25, -0.2) is 9.18 Å². The van der Waals surface area contributed by atoms with Crippen LogP contribution < -0.4 is 5.32 Å². The summed E-state index contributed by atoms with van der Waals surface area (Å²) in [6.45, 7) is 1.09. The van der Waals surface area contributed by atoms with Gasteiger partial charge in [0, 0.05) is 37.4 Å². The summed E-state index contributed by atoms with van der Waals surface area (Å²) in [6.07, 6.45) is 2.25. The number of nitrogens with zero attached hydrogens (tertiary/aromatic N) is 1. The molecule has 1 fully saturated rings. The highest BCUT2D eigenvalue weighted by Gasteiger charge is 2.45. The van der Waals surface area contributed by atoms with E-state index in [1.165, 1.54) is 12.1 Å². The fourth-order valence-corrected chi connectivity index (χ4v) is 5.77. The molecule has 3 aromatic carbocycles. The van der Waals surface area contributed by atoms with Gasteiger partial charge >= 0.3 is 5.97 Å². The van der Waals surface area contributed by atoms with E-state index in [4.69, 9.17) is 11.6 Å². The van der Waals surface area contributed by atoms with E-state index in [1.54, 1.807) is 17.0 Å². The SMILES string of the molecule is O=C(CC1CCN(C(=O)Cc2ccc(F)cc2)CC1)NC1(C(=O)O)Cc2ccc(-c3ccc(Cl)cc3)cc2C1. The van der Waals surface area contributed by atoms with E-state index in [-0.39, 0.29) is 49.2 Å². The number of nitrogens with one attached hydrogen (secondary N) is 1. The maximum Gasteiger partial charge on any atom is 0.330 e. The third kappa shape index (κ3) is 6.14. The van der Waals surface area contributed by atoms with Crippen molar-refractivity contribution in [3.8, 4) is 11.1 Å². The molecule has 0 radical (unpaired) electrons. The number of aliphatic carboxylic acids is 1. The Bertz CT molecular complexity index is 1380. The Morgan fingerprint density at radius 2 is 1.56 bits per heavy atom. The first-order valence-corrected chi connectivity index (χ1v) is 13.5. The minimum Gasteiger partial charge on any atom is -0.479 e. The van der Waals surface area contributed by atoms with Crippen LogP contribution in [-0.4, -0.2) is 46.4 Å². The Morgan fingerprint density at radius 1 is 0.923 bits per heavy atom. The summed E-state index contributed by atoms with van der Waals surface area (Å²) >= 11 is 6.01. The molecule has 6 nitrogen and oxygen atoms in total. The van der Waals surface area contributed by atoms with Gasteiger partial charge in [0.25, 0.3) is 0 Å². The number of amides is 2. The number of hydrogen-bond donors (Lipinski definition) is 2. The first kappa shape index (κ1) is 26.9. The third-order valence-corrected chi connectivity index (χ3v) is 8.12. The number of benzene rings is 3. The fraction of sp³-hybridized carbons (Fsp3) is 0.323. The maximum atomic E-state index is 13.1. The van der Waals surface area contributed by atoms with E-state index < -0.39 is 11.5 Å². The Labute approximate surface area is 231 Å². The van der Waals surface area contributed by atoms with Crippen molar-refractivity contribution in [3.05, 3.63) is 94.3 Å². The molecule has 1 aliphatic carbocycles. The number of fused-ring (bicyclic) bond motifs is 1. The van der Waals surface area contributed by atoms with E-state index >= 15 is 0 Å². The number of piperidine rings is 1. The molecule has 1 unspecified atom stereocenters. The maximum absolute atomic E-state index is 13.1. The van der Waals surface area contributed by atoms with Gasteiger partial charge < -0.3 is 15.3 Å². The molecule has 2 amide bonds. The molecule has 1 atom stereocenters. The van der Waals surface area contributed by atoms with Gasteiger partial charge in [0.2, 0.25) is 11.8 Å². The lowest BCUT2D eigenvalue weighted by Crippen LogP contribution is -2.55. The van der Waals surface area contributed by atoms with Gasteiger partial charge in [0.05, 0.1) is 6.42 Å². The number of hydrogen-bond acceptors (Lipinski definition) is 3. The Balaban J connectivity index is 1.16. The number of carbonyl (C=O) groups is 3. The van der Waals surface area contributed by atoms with Gasteiger partial charge in [0.15, 0.2) is 0 Å². The van der Waals surface area contributed by atoms with Crippen molar-refractivity contribution in [2.45, 2.75) is 44.1 Å². The largest absolute Gasteiger partial charge is 0.479 e. The lowest BCUT2D eigenvalue weighted by Gasteiger charge is -2.33. The van der Waals surface area contributed by atoms with E-state index in [0.717, 1.165) is 27.8 Å². The minimum atomic E-state index is -1.37. The fourth-order valence-electron chi connectivity index (χ4n) is 5.65. The highest BCUT2D eigenvalue weighted by Crippen LogP contribution is 2.34. The standard InChI is InChI=1S/C31H30ClFN2O4/c32-26-7-5-22(6-8-26)23-3-4-24-18-31(30(38)39,19-25(24)17-23)34-28(36)15-21-11-13-35(14-12-21)29(37)16-20-1-9-27(33)10-2-20/h1-10,17,21H,11-16,18-19H2,(H,34,36)(H,38,39). The lowest BCUT2D eigenvalue weighted by molar-refractivity contribution is -0.147. The molecule has 0 saturated carbocycles. The molecule has 3 aromatic rings. The van der Waals surface area contributed by atoms with Crippen LogP contribution in [0, 0.1) is 11.7 Å². The second kappa shape index (κ2) is 11.2. The molecule has 5 rings (SSSR count). The number of carbonyl (C=O) groups excluding carboxylic acids is 2. The number of halogens is 2. The van der Waals surface area contributed by atoms with Crippen molar-refractivity contribution in [3.63, 3.8) is 0 Å². The second-order valence-electron chi connectivity index (χ2n) is 10.6. The van der Waals surface area contributed by atoms with Crippen LogP contribution in [0.1, 0.15) is 36.0 Å². The monoisotopic (exact) mass is 548 g/mol. The van der Waals surface area contributed by atoms with Crippen molar-refractivity contribution < 1.29 is 23.9 Å². The average molecular weight is 549 g/mol. The summed E-state index contributed by atoms with van der Waals surface area (Å²) in [4.78, 5) is 39.9. The van der Waals surface area contributed by atoms with Crippen LogP contribution in [0.15, 0.2) is 66.7 Å². The van der Waals surface area contributed by atoms with Crippen LogP contribution in [0.5, 0.6) is 0 Å². The van der Waals surface area contributed by atoms with Crippen LogP contribution in [0.3, 0.4) is 0 Å². The highest BCUT2D eigenvalue weighted by molar-refractivity contribution is 6.30. The molecule has 0 spiro atoms. The van der Waals surface area contributed by atoms with Crippen LogP contribution in [-0.2, 0) is 33.6 Å². The number of rotatable bonds is 7. The molecule has 8 heteroatoms. The number of likely N-dealkylation sites (tertiary alicyclic amines) is 1. The smallest absolute Gasteiger partial charge is 0.330 e.